The molecule has 1 aliphatic heterocycles. The molecule has 1 aromatic heterocycles. The quantitative estimate of drug-likeness (QED) is 0.938. The molecule has 2 heterocycles. The second-order valence-electron chi connectivity index (χ2n) is 5.77. The van der Waals surface area contributed by atoms with Crippen molar-refractivity contribution in [3.05, 3.63) is 41.9 Å². The zero-order chi connectivity index (χ0) is 15.6. The molecule has 1 amide bonds. The van der Waals surface area contributed by atoms with Gasteiger partial charge in [0.1, 0.15) is 13.2 Å². The topological polar surface area (TPSA) is 73.3 Å². The number of rotatable bonds is 4. The van der Waals surface area contributed by atoms with Crippen molar-refractivity contribution in [3.8, 4) is 11.5 Å². The van der Waals surface area contributed by atoms with Crippen LogP contribution in [0.4, 0.5) is 5.82 Å². The molecule has 2 aromatic rings. The van der Waals surface area contributed by atoms with Crippen LogP contribution in [0.25, 0.3) is 0 Å². The monoisotopic (exact) mass is 311 g/mol. The lowest BCUT2D eigenvalue weighted by Crippen LogP contribution is -2.18. The van der Waals surface area contributed by atoms with Crippen molar-refractivity contribution in [3.63, 3.8) is 0 Å². The Bertz CT molecular complexity index is 744. The molecular weight excluding hydrogens is 294 g/mol. The number of amides is 1. The van der Waals surface area contributed by atoms with E-state index in [9.17, 15) is 4.79 Å². The van der Waals surface area contributed by atoms with Crippen LogP contribution in [0.3, 0.4) is 0 Å². The molecule has 1 aromatic carbocycles. The summed E-state index contributed by atoms with van der Waals surface area (Å²) in [6, 6.07) is 5.58. The van der Waals surface area contributed by atoms with Crippen molar-refractivity contribution in [1.82, 2.24) is 9.97 Å². The van der Waals surface area contributed by atoms with E-state index in [-0.39, 0.29) is 12.3 Å². The van der Waals surface area contributed by atoms with Crippen molar-refractivity contribution in [1.29, 1.82) is 0 Å². The van der Waals surface area contributed by atoms with Gasteiger partial charge in [0.25, 0.3) is 0 Å². The Morgan fingerprint density at radius 2 is 1.91 bits per heavy atom. The van der Waals surface area contributed by atoms with Crippen molar-refractivity contribution in [2.75, 3.05) is 18.5 Å². The molecule has 6 heteroatoms. The van der Waals surface area contributed by atoms with E-state index < -0.39 is 0 Å². The standard InChI is InChI=1S/C17H17N3O3/c21-15(20-17-16(12-2-3-12)18-5-6-19-17)10-11-1-4-13-14(9-11)23-8-7-22-13/h1,4-6,9,12H,2-3,7-8,10H2,(H,19,20,21). The zero-order valence-corrected chi connectivity index (χ0v) is 12.6. The largest absolute Gasteiger partial charge is 0.486 e. The Morgan fingerprint density at radius 3 is 2.74 bits per heavy atom. The summed E-state index contributed by atoms with van der Waals surface area (Å²) in [5.41, 5.74) is 1.77. The number of aromatic nitrogens is 2. The summed E-state index contributed by atoms with van der Waals surface area (Å²) in [7, 11) is 0. The summed E-state index contributed by atoms with van der Waals surface area (Å²) < 4.78 is 11.0. The summed E-state index contributed by atoms with van der Waals surface area (Å²) in [4.78, 5) is 20.9. The number of carbonyl (C=O) groups excluding carboxylic acids is 1. The lowest BCUT2D eigenvalue weighted by molar-refractivity contribution is -0.115. The number of benzene rings is 1. The van der Waals surface area contributed by atoms with Gasteiger partial charge in [0.05, 0.1) is 12.1 Å². The lowest BCUT2D eigenvalue weighted by atomic mass is 10.1. The molecule has 118 valence electrons. The second kappa shape index (κ2) is 5.87. The first-order valence-corrected chi connectivity index (χ1v) is 7.79. The van der Waals surface area contributed by atoms with Crippen LogP contribution in [0.15, 0.2) is 30.6 Å². The fraction of sp³-hybridized carbons (Fsp3) is 0.353. The van der Waals surface area contributed by atoms with Crippen LogP contribution < -0.4 is 14.8 Å². The molecule has 23 heavy (non-hydrogen) atoms. The van der Waals surface area contributed by atoms with Gasteiger partial charge >= 0.3 is 0 Å². The molecule has 4 rings (SSSR count). The average Bonchev–Trinajstić information content (AvgIpc) is 3.40. The first-order valence-electron chi connectivity index (χ1n) is 7.79. The van der Waals surface area contributed by atoms with Crippen molar-refractivity contribution >= 4 is 11.7 Å². The second-order valence-corrected chi connectivity index (χ2v) is 5.77. The fourth-order valence-corrected chi connectivity index (χ4v) is 2.66. The van der Waals surface area contributed by atoms with E-state index in [1.807, 2.05) is 18.2 Å². The van der Waals surface area contributed by atoms with Gasteiger partial charge in [0.15, 0.2) is 17.3 Å². The summed E-state index contributed by atoms with van der Waals surface area (Å²) in [6.45, 7) is 1.09. The van der Waals surface area contributed by atoms with E-state index in [0.29, 0.717) is 30.7 Å². The Kier molecular flexibility index (Phi) is 3.57. The fourth-order valence-electron chi connectivity index (χ4n) is 2.66. The molecule has 1 fully saturated rings. The zero-order valence-electron chi connectivity index (χ0n) is 12.6. The van der Waals surface area contributed by atoms with Gasteiger partial charge in [-0.25, -0.2) is 4.98 Å². The maximum absolute atomic E-state index is 12.3. The highest BCUT2D eigenvalue weighted by atomic mass is 16.6. The highest BCUT2D eigenvalue weighted by Crippen LogP contribution is 2.41. The Morgan fingerprint density at radius 1 is 1.13 bits per heavy atom. The predicted octanol–water partition coefficient (Wildman–Crippen LogP) is 2.31. The number of fused-ring (bicyclic) bond motifs is 1. The Labute approximate surface area is 133 Å². The highest BCUT2D eigenvalue weighted by molar-refractivity contribution is 5.92. The SMILES string of the molecule is O=C(Cc1ccc2c(c1)OCCO2)Nc1nccnc1C1CC1. The van der Waals surface area contributed by atoms with E-state index in [1.54, 1.807) is 12.4 Å². The van der Waals surface area contributed by atoms with Crippen LogP contribution in [0.5, 0.6) is 11.5 Å². The van der Waals surface area contributed by atoms with Crippen molar-refractivity contribution in [2.45, 2.75) is 25.2 Å². The lowest BCUT2D eigenvalue weighted by Gasteiger charge is -2.18. The van der Waals surface area contributed by atoms with Crippen LogP contribution in [-0.4, -0.2) is 29.1 Å². The van der Waals surface area contributed by atoms with E-state index in [2.05, 4.69) is 15.3 Å². The maximum atomic E-state index is 12.3. The van der Waals surface area contributed by atoms with E-state index in [1.165, 1.54) is 0 Å². The van der Waals surface area contributed by atoms with Gasteiger partial charge in [0.2, 0.25) is 5.91 Å². The molecule has 0 unspecified atom stereocenters. The minimum absolute atomic E-state index is 0.107. The number of nitrogens with one attached hydrogen (secondary N) is 1. The van der Waals surface area contributed by atoms with E-state index in [4.69, 9.17) is 9.47 Å². The highest BCUT2D eigenvalue weighted by Gasteiger charge is 2.28. The van der Waals surface area contributed by atoms with Gasteiger partial charge in [-0.3, -0.25) is 9.78 Å². The molecule has 6 nitrogen and oxygen atoms in total. The molecule has 1 N–H and O–H groups in total. The molecule has 2 aliphatic rings. The Balaban J connectivity index is 1.46. The van der Waals surface area contributed by atoms with Crippen molar-refractivity contribution in [2.24, 2.45) is 0 Å². The van der Waals surface area contributed by atoms with Gasteiger partial charge < -0.3 is 14.8 Å². The number of hydrogen-bond acceptors (Lipinski definition) is 5. The first-order chi connectivity index (χ1) is 11.3. The molecule has 1 aliphatic carbocycles. The molecule has 0 atom stereocenters. The van der Waals surface area contributed by atoms with Crippen LogP contribution in [0.2, 0.25) is 0 Å². The normalized spacial score (nSPS) is 16.0. The number of nitrogens with zero attached hydrogens (tertiary/aromatic N) is 2. The average molecular weight is 311 g/mol. The van der Waals surface area contributed by atoms with Gasteiger partial charge in [0, 0.05) is 18.3 Å². The van der Waals surface area contributed by atoms with Gasteiger partial charge in [-0.1, -0.05) is 6.07 Å². The third-order valence-electron chi connectivity index (χ3n) is 3.92. The number of hydrogen-bond donors (Lipinski definition) is 1. The minimum atomic E-state index is -0.107. The molecule has 0 bridgehead atoms. The molecule has 0 radical (unpaired) electrons. The molecule has 0 saturated heterocycles. The molecule has 1 saturated carbocycles. The van der Waals surface area contributed by atoms with Gasteiger partial charge in [-0.2, -0.15) is 0 Å². The van der Waals surface area contributed by atoms with Gasteiger partial charge in [-0.05, 0) is 30.5 Å². The van der Waals surface area contributed by atoms with Crippen LogP contribution in [0.1, 0.15) is 30.0 Å². The van der Waals surface area contributed by atoms with Crippen LogP contribution in [-0.2, 0) is 11.2 Å². The summed E-state index contributed by atoms with van der Waals surface area (Å²) in [5, 5.41) is 2.88. The maximum Gasteiger partial charge on any atom is 0.229 e. The molecular formula is C17H17N3O3. The Hall–Kier alpha value is -2.63. The number of ether oxygens (including phenoxy) is 2. The minimum Gasteiger partial charge on any atom is -0.486 e. The molecule has 0 spiro atoms. The smallest absolute Gasteiger partial charge is 0.229 e. The number of anilines is 1. The third-order valence-corrected chi connectivity index (χ3v) is 3.92. The van der Waals surface area contributed by atoms with E-state index >= 15 is 0 Å². The van der Waals surface area contributed by atoms with E-state index in [0.717, 1.165) is 29.8 Å². The summed E-state index contributed by atoms with van der Waals surface area (Å²) >= 11 is 0. The summed E-state index contributed by atoms with van der Waals surface area (Å²) in [6.07, 6.45) is 5.76. The third kappa shape index (κ3) is 3.11. The van der Waals surface area contributed by atoms with Crippen molar-refractivity contribution < 1.29 is 14.3 Å². The predicted molar refractivity (Wildman–Crippen MR) is 83.8 cm³/mol. The van der Waals surface area contributed by atoms with Crippen LogP contribution in [0, 0.1) is 0 Å². The van der Waals surface area contributed by atoms with Crippen LogP contribution >= 0.6 is 0 Å². The first kappa shape index (κ1) is 14.0. The van der Waals surface area contributed by atoms with Gasteiger partial charge in [-0.15, -0.1) is 0 Å². The summed E-state index contributed by atoms with van der Waals surface area (Å²) in [5.74, 6) is 2.33. The number of carbonyl (C=O) groups is 1.